The second-order valence-corrected chi connectivity index (χ2v) is 5.60. The van der Waals surface area contributed by atoms with Crippen LogP contribution in [0.5, 0.6) is 0 Å². The molecule has 0 radical (unpaired) electrons. The molecule has 2 aromatic rings. The second kappa shape index (κ2) is 4.01. The molecule has 2 heterocycles. The summed E-state index contributed by atoms with van der Waals surface area (Å²) < 4.78 is 0. The molecule has 4 nitrogen and oxygen atoms in total. The van der Waals surface area contributed by atoms with E-state index >= 15 is 0 Å². The normalized spacial score (nSPS) is 15.8. The van der Waals surface area contributed by atoms with Crippen molar-refractivity contribution in [2.45, 2.75) is 19.8 Å². The number of fused-ring (bicyclic) bond motifs is 5. The molecule has 0 atom stereocenters. The molecule has 104 valence electrons. The minimum atomic E-state index is -0.235. The van der Waals surface area contributed by atoms with Gasteiger partial charge in [-0.1, -0.05) is 24.3 Å². The van der Waals surface area contributed by atoms with E-state index in [0.717, 1.165) is 29.7 Å². The number of imide groups is 1. The highest BCUT2D eigenvalue weighted by molar-refractivity contribution is 6.22. The van der Waals surface area contributed by atoms with Crippen molar-refractivity contribution in [3.63, 3.8) is 0 Å². The molecular formula is C17H14N2O2. The number of hydrogen-bond donors (Lipinski definition) is 0. The van der Waals surface area contributed by atoms with Gasteiger partial charge in [0.25, 0.3) is 11.8 Å². The fraction of sp³-hybridized carbons (Fsp3) is 0.235. The maximum atomic E-state index is 12.4. The average Bonchev–Trinajstić information content (AvgIpc) is 2.73. The Bertz CT molecular complexity index is 824. The van der Waals surface area contributed by atoms with Crippen LogP contribution < -0.4 is 0 Å². The first-order valence-electron chi connectivity index (χ1n) is 7.03. The third-order valence-corrected chi connectivity index (χ3v) is 4.43. The van der Waals surface area contributed by atoms with E-state index in [0.29, 0.717) is 16.8 Å². The molecule has 4 heteroatoms. The molecule has 0 unspecified atom stereocenters. The number of carbonyl (C=O) groups excluding carboxylic acids is 2. The van der Waals surface area contributed by atoms with E-state index in [-0.39, 0.29) is 11.8 Å². The predicted octanol–water partition coefficient (Wildman–Crippen LogP) is 2.38. The zero-order valence-electron chi connectivity index (χ0n) is 11.9. The fourth-order valence-electron chi connectivity index (χ4n) is 3.36. The lowest BCUT2D eigenvalue weighted by molar-refractivity contribution is 0.0692. The molecule has 1 aromatic heterocycles. The zero-order chi connectivity index (χ0) is 14.7. The van der Waals surface area contributed by atoms with Crippen LogP contribution in [0.15, 0.2) is 24.3 Å². The van der Waals surface area contributed by atoms with Crippen LogP contribution in [-0.2, 0) is 12.8 Å². The molecule has 1 aromatic carbocycles. The summed E-state index contributed by atoms with van der Waals surface area (Å²) in [4.78, 5) is 30.5. The summed E-state index contributed by atoms with van der Waals surface area (Å²) in [6.45, 7) is 1.81. The van der Waals surface area contributed by atoms with Crippen LogP contribution in [0.25, 0.3) is 11.3 Å². The van der Waals surface area contributed by atoms with Gasteiger partial charge < -0.3 is 0 Å². The van der Waals surface area contributed by atoms with E-state index in [4.69, 9.17) is 0 Å². The Morgan fingerprint density at radius 3 is 2.57 bits per heavy atom. The lowest BCUT2D eigenvalue weighted by Gasteiger charge is -2.21. The van der Waals surface area contributed by atoms with Gasteiger partial charge in [0, 0.05) is 12.6 Å². The van der Waals surface area contributed by atoms with Gasteiger partial charge >= 0.3 is 0 Å². The number of benzene rings is 1. The molecule has 1 aliphatic carbocycles. The Labute approximate surface area is 122 Å². The quantitative estimate of drug-likeness (QED) is 0.695. The van der Waals surface area contributed by atoms with E-state index in [1.807, 2.05) is 18.2 Å². The molecule has 0 saturated carbocycles. The molecule has 1 aliphatic heterocycles. The molecule has 2 amide bonds. The Morgan fingerprint density at radius 1 is 1.05 bits per heavy atom. The van der Waals surface area contributed by atoms with Gasteiger partial charge in [0.05, 0.1) is 22.5 Å². The fourth-order valence-corrected chi connectivity index (χ4v) is 3.36. The van der Waals surface area contributed by atoms with Gasteiger partial charge in [0.15, 0.2) is 0 Å². The number of rotatable bonds is 0. The molecule has 0 spiro atoms. The van der Waals surface area contributed by atoms with E-state index < -0.39 is 0 Å². The number of aromatic nitrogens is 1. The van der Waals surface area contributed by atoms with Crippen LogP contribution in [-0.4, -0.2) is 28.7 Å². The van der Waals surface area contributed by atoms with Crippen LogP contribution in [0.4, 0.5) is 0 Å². The lowest BCUT2D eigenvalue weighted by atomic mass is 9.85. The monoisotopic (exact) mass is 278 g/mol. The molecule has 0 bridgehead atoms. The van der Waals surface area contributed by atoms with Gasteiger partial charge in [-0.3, -0.25) is 19.5 Å². The summed E-state index contributed by atoms with van der Waals surface area (Å²) >= 11 is 0. The van der Waals surface area contributed by atoms with Crippen molar-refractivity contribution < 1.29 is 9.59 Å². The Morgan fingerprint density at radius 2 is 1.76 bits per heavy atom. The van der Waals surface area contributed by atoms with Crippen LogP contribution >= 0.6 is 0 Å². The smallest absolute Gasteiger partial charge is 0.263 e. The first kappa shape index (κ1) is 12.3. The van der Waals surface area contributed by atoms with Crippen molar-refractivity contribution in [3.8, 4) is 11.3 Å². The van der Waals surface area contributed by atoms with Crippen molar-refractivity contribution in [2.75, 3.05) is 7.05 Å². The number of amides is 2. The lowest BCUT2D eigenvalue weighted by Crippen LogP contribution is -2.24. The van der Waals surface area contributed by atoms with E-state index in [1.165, 1.54) is 17.5 Å². The summed E-state index contributed by atoms with van der Waals surface area (Å²) in [5, 5.41) is 0. The van der Waals surface area contributed by atoms with Gasteiger partial charge in [-0.25, -0.2) is 0 Å². The Hall–Kier alpha value is -2.49. The highest BCUT2D eigenvalue weighted by atomic mass is 16.2. The molecule has 21 heavy (non-hydrogen) atoms. The van der Waals surface area contributed by atoms with Crippen LogP contribution in [0.1, 0.15) is 37.5 Å². The number of nitrogens with zero attached hydrogens (tertiary/aromatic N) is 2. The first-order valence-corrected chi connectivity index (χ1v) is 7.03. The number of carbonyl (C=O) groups is 2. The zero-order valence-corrected chi connectivity index (χ0v) is 11.9. The molecule has 4 rings (SSSR count). The molecular weight excluding hydrogens is 264 g/mol. The highest BCUT2D eigenvalue weighted by Crippen LogP contribution is 2.38. The van der Waals surface area contributed by atoms with Crippen molar-refractivity contribution >= 4 is 11.8 Å². The summed E-state index contributed by atoms with van der Waals surface area (Å²) in [7, 11) is 1.53. The van der Waals surface area contributed by atoms with Gasteiger partial charge in [0.2, 0.25) is 0 Å². The van der Waals surface area contributed by atoms with Crippen molar-refractivity contribution in [1.29, 1.82) is 0 Å². The molecule has 0 saturated heterocycles. The maximum Gasteiger partial charge on any atom is 0.263 e. The van der Waals surface area contributed by atoms with Gasteiger partial charge in [0.1, 0.15) is 0 Å². The van der Waals surface area contributed by atoms with Crippen molar-refractivity contribution in [3.05, 3.63) is 52.2 Å². The molecule has 2 aliphatic rings. The minimum Gasteiger partial charge on any atom is -0.277 e. The highest BCUT2D eigenvalue weighted by Gasteiger charge is 2.39. The van der Waals surface area contributed by atoms with Gasteiger partial charge in [-0.05, 0) is 30.9 Å². The van der Waals surface area contributed by atoms with E-state index in [9.17, 15) is 9.59 Å². The minimum absolute atomic E-state index is 0.198. The van der Waals surface area contributed by atoms with Crippen LogP contribution in [0.2, 0.25) is 0 Å². The number of aryl methyl sites for hydroxylation is 2. The third-order valence-electron chi connectivity index (χ3n) is 4.43. The van der Waals surface area contributed by atoms with Gasteiger partial charge in [-0.2, -0.15) is 0 Å². The van der Waals surface area contributed by atoms with E-state index in [2.05, 4.69) is 11.1 Å². The summed E-state index contributed by atoms with van der Waals surface area (Å²) in [5.74, 6) is -0.433. The van der Waals surface area contributed by atoms with E-state index in [1.54, 1.807) is 6.92 Å². The van der Waals surface area contributed by atoms with Crippen LogP contribution in [0.3, 0.4) is 0 Å². The third kappa shape index (κ3) is 1.47. The maximum absolute atomic E-state index is 12.4. The van der Waals surface area contributed by atoms with Crippen molar-refractivity contribution in [2.24, 2.45) is 0 Å². The summed E-state index contributed by atoms with van der Waals surface area (Å²) in [5.41, 5.74) is 5.83. The Balaban J connectivity index is 2.08. The van der Waals surface area contributed by atoms with Crippen LogP contribution in [0, 0.1) is 6.92 Å². The number of pyridine rings is 1. The Kier molecular flexibility index (Phi) is 2.34. The average molecular weight is 278 g/mol. The molecule has 0 N–H and O–H groups in total. The van der Waals surface area contributed by atoms with Gasteiger partial charge in [-0.15, -0.1) is 0 Å². The summed E-state index contributed by atoms with van der Waals surface area (Å²) in [6, 6.07) is 8.14. The number of hydrogen-bond acceptors (Lipinski definition) is 3. The predicted molar refractivity (Wildman–Crippen MR) is 78.2 cm³/mol. The SMILES string of the molecule is Cc1nc2c(c3c1C(=O)N(C)C3=O)CCc1ccccc1-2. The standard InChI is InChI=1S/C17H14N2O2/c1-9-13-14(17(21)19(2)16(13)20)12-8-7-10-5-3-4-6-11(10)15(12)18-9/h3-6H,7-8H2,1-2H3. The second-order valence-electron chi connectivity index (χ2n) is 5.60. The largest absolute Gasteiger partial charge is 0.277 e. The molecule has 0 fully saturated rings. The first-order chi connectivity index (χ1) is 10.1. The van der Waals surface area contributed by atoms with Crippen molar-refractivity contribution in [1.82, 2.24) is 9.88 Å². The summed E-state index contributed by atoms with van der Waals surface area (Å²) in [6.07, 6.45) is 1.64. The topological polar surface area (TPSA) is 50.3 Å².